The number of aliphatic hydroxyl groups is 1. The Bertz CT molecular complexity index is 450. The van der Waals surface area contributed by atoms with Crippen molar-refractivity contribution < 1.29 is 9.84 Å². The molecular weight excluding hydrogens is 276 g/mol. The van der Waals surface area contributed by atoms with Crippen molar-refractivity contribution in [3.05, 3.63) is 48.4 Å². The largest absolute Gasteiger partial charge is 0.389 e. The third-order valence-corrected chi connectivity index (χ3v) is 3.29. The normalized spacial score (nSPS) is 19.5. The molecule has 0 amide bonds. The highest BCUT2D eigenvalue weighted by Gasteiger charge is 2.10. The highest BCUT2D eigenvalue weighted by atomic mass is 16.5. The number of aliphatic hydroxyl groups excluding tert-OH is 1. The summed E-state index contributed by atoms with van der Waals surface area (Å²) < 4.78 is 5.34. The first-order valence-corrected chi connectivity index (χ1v) is 7.96. The fourth-order valence-corrected chi connectivity index (χ4v) is 2.07. The van der Waals surface area contributed by atoms with Gasteiger partial charge in [-0.15, -0.1) is 0 Å². The van der Waals surface area contributed by atoms with Gasteiger partial charge >= 0.3 is 0 Å². The molecule has 1 rings (SSSR count). The number of nitrogens with zero attached hydrogens (tertiary/aromatic N) is 1. The van der Waals surface area contributed by atoms with E-state index < -0.39 is 6.10 Å². The number of aliphatic imine (C=N–C) groups is 1. The first-order valence-electron chi connectivity index (χ1n) is 7.96. The second-order valence-corrected chi connectivity index (χ2v) is 5.21. The van der Waals surface area contributed by atoms with E-state index in [0.29, 0.717) is 25.7 Å². The van der Waals surface area contributed by atoms with E-state index in [1.807, 2.05) is 18.2 Å². The van der Waals surface area contributed by atoms with Gasteiger partial charge in [0.2, 0.25) is 0 Å². The van der Waals surface area contributed by atoms with Gasteiger partial charge in [-0.25, -0.2) is 0 Å². The lowest BCUT2D eigenvalue weighted by atomic mass is 10.0. The van der Waals surface area contributed by atoms with Crippen molar-refractivity contribution in [2.75, 3.05) is 19.8 Å². The summed E-state index contributed by atoms with van der Waals surface area (Å²) in [7, 11) is 0. The molecule has 0 saturated carbocycles. The first-order chi connectivity index (χ1) is 10.7. The molecule has 2 N–H and O–H groups in total. The molecule has 1 aliphatic rings. The topological polar surface area (TPSA) is 53.9 Å². The quantitative estimate of drug-likeness (QED) is 0.482. The summed E-state index contributed by atoms with van der Waals surface area (Å²) in [4.78, 5) is 4.42. The Morgan fingerprint density at radius 2 is 2.27 bits per heavy atom. The number of rotatable bonds is 10. The van der Waals surface area contributed by atoms with Gasteiger partial charge in [-0.1, -0.05) is 32.6 Å². The second kappa shape index (κ2) is 11.0. The minimum Gasteiger partial charge on any atom is -0.389 e. The van der Waals surface area contributed by atoms with E-state index in [1.54, 1.807) is 12.3 Å². The van der Waals surface area contributed by atoms with Gasteiger partial charge in [0.15, 0.2) is 0 Å². The summed E-state index contributed by atoms with van der Waals surface area (Å²) >= 11 is 0. The van der Waals surface area contributed by atoms with Gasteiger partial charge in [-0.3, -0.25) is 4.99 Å². The SMILES string of the molecule is C=CC=NC1=CC=C(NCC(O)COCCC)C=CC1CC. The minimum absolute atomic E-state index is 0.296. The molecule has 0 fully saturated rings. The summed E-state index contributed by atoms with van der Waals surface area (Å²) in [6.45, 7) is 9.36. The van der Waals surface area contributed by atoms with Crippen LogP contribution < -0.4 is 5.32 Å². The van der Waals surface area contributed by atoms with Crippen LogP contribution in [0.15, 0.2) is 53.3 Å². The van der Waals surface area contributed by atoms with E-state index in [1.165, 1.54) is 0 Å². The van der Waals surface area contributed by atoms with Crippen LogP contribution in [0, 0.1) is 5.92 Å². The van der Waals surface area contributed by atoms with E-state index in [0.717, 1.165) is 24.2 Å². The molecule has 4 heteroatoms. The molecule has 0 heterocycles. The highest BCUT2D eigenvalue weighted by Crippen LogP contribution is 2.21. The van der Waals surface area contributed by atoms with E-state index >= 15 is 0 Å². The van der Waals surface area contributed by atoms with E-state index in [2.05, 4.69) is 36.8 Å². The lowest BCUT2D eigenvalue weighted by Crippen LogP contribution is -2.29. The Morgan fingerprint density at radius 3 is 2.95 bits per heavy atom. The Balaban J connectivity index is 2.56. The van der Waals surface area contributed by atoms with Crippen LogP contribution >= 0.6 is 0 Å². The predicted octanol–water partition coefficient (Wildman–Crippen LogP) is 2.98. The molecule has 22 heavy (non-hydrogen) atoms. The highest BCUT2D eigenvalue weighted by molar-refractivity contribution is 5.71. The zero-order valence-corrected chi connectivity index (χ0v) is 13.7. The summed E-state index contributed by atoms with van der Waals surface area (Å²) in [5.74, 6) is 0.296. The van der Waals surface area contributed by atoms with Crippen molar-refractivity contribution in [3.63, 3.8) is 0 Å². The van der Waals surface area contributed by atoms with Crippen LogP contribution in [0.2, 0.25) is 0 Å². The van der Waals surface area contributed by atoms with Gasteiger partial charge in [0.05, 0.1) is 12.7 Å². The van der Waals surface area contributed by atoms with Crippen LogP contribution in [0.3, 0.4) is 0 Å². The first kappa shape index (κ1) is 18.4. The summed E-state index contributed by atoms with van der Waals surface area (Å²) in [5, 5.41) is 13.1. The van der Waals surface area contributed by atoms with Crippen molar-refractivity contribution in [1.29, 1.82) is 0 Å². The average Bonchev–Trinajstić information content (AvgIpc) is 2.73. The van der Waals surface area contributed by atoms with Gasteiger partial charge in [0.1, 0.15) is 0 Å². The van der Waals surface area contributed by atoms with Crippen LogP contribution in [-0.2, 0) is 4.74 Å². The third kappa shape index (κ3) is 6.87. The molecule has 122 valence electrons. The van der Waals surface area contributed by atoms with Crippen LogP contribution in [0.4, 0.5) is 0 Å². The van der Waals surface area contributed by atoms with Crippen LogP contribution in [-0.4, -0.2) is 37.2 Å². The molecule has 0 aromatic rings. The molecule has 0 saturated heterocycles. The molecule has 0 bridgehead atoms. The zero-order valence-electron chi connectivity index (χ0n) is 13.7. The van der Waals surface area contributed by atoms with Crippen LogP contribution in [0.25, 0.3) is 0 Å². The van der Waals surface area contributed by atoms with Gasteiger partial charge < -0.3 is 15.2 Å². The standard InChI is InChI=1S/C18H28N2O2/c1-4-11-19-18-10-9-16(8-7-15(18)6-3)20-13-17(21)14-22-12-5-2/h4,7-11,15,17,20-21H,1,5-6,12-14H2,2-3H3. The van der Waals surface area contributed by atoms with Crippen molar-refractivity contribution in [3.8, 4) is 0 Å². The second-order valence-electron chi connectivity index (χ2n) is 5.21. The molecule has 0 aliphatic heterocycles. The fraction of sp³-hybridized carbons (Fsp3) is 0.500. The Hall–Kier alpha value is -1.65. The third-order valence-electron chi connectivity index (χ3n) is 3.29. The summed E-state index contributed by atoms with van der Waals surface area (Å²) in [5.41, 5.74) is 1.99. The van der Waals surface area contributed by atoms with Crippen LogP contribution in [0.5, 0.6) is 0 Å². The maximum absolute atomic E-state index is 9.85. The summed E-state index contributed by atoms with van der Waals surface area (Å²) in [6.07, 6.45) is 13.0. The van der Waals surface area contributed by atoms with Crippen molar-refractivity contribution >= 4 is 6.21 Å². The maximum Gasteiger partial charge on any atom is 0.0945 e. The molecule has 0 radical (unpaired) electrons. The smallest absolute Gasteiger partial charge is 0.0945 e. The molecule has 0 aromatic heterocycles. The molecule has 0 aromatic carbocycles. The zero-order chi connectivity index (χ0) is 16.2. The minimum atomic E-state index is -0.506. The van der Waals surface area contributed by atoms with Crippen molar-refractivity contribution in [2.45, 2.75) is 32.8 Å². The lowest BCUT2D eigenvalue weighted by molar-refractivity contribution is 0.0386. The summed E-state index contributed by atoms with van der Waals surface area (Å²) in [6, 6.07) is 0. The van der Waals surface area contributed by atoms with Gasteiger partial charge in [0.25, 0.3) is 0 Å². The number of allylic oxidation sites excluding steroid dienone is 5. The van der Waals surface area contributed by atoms with Crippen LogP contribution in [0.1, 0.15) is 26.7 Å². The fourth-order valence-electron chi connectivity index (χ4n) is 2.07. The van der Waals surface area contributed by atoms with Gasteiger partial charge in [0, 0.05) is 36.7 Å². The monoisotopic (exact) mass is 304 g/mol. The number of hydrogen-bond acceptors (Lipinski definition) is 4. The Labute approximate surface area is 134 Å². The molecular formula is C18H28N2O2. The van der Waals surface area contributed by atoms with Crippen molar-refractivity contribution in [2.24, 2.45) is 10.9 Å². The molecule has 0 spiro atoms. The van der Waals surface area contributed by atoms with E-state index in [4.69, 9.17) is 4.74 Å². The Morgan fingerprint density at radius 1 is 1.45 bits per heavy atom. The number of ether oxygens (including phenoxy) is 1. The lowest BCUT2D eigenvalue weighted by Gasteiger charge is -2.13. The number of nitrogens with one attached hydrogen (secondary N) is 1. The molecule has 1 aliphatic carbocycles. The van der Waals surface area contributed by atoms with Gasteiger partial charge in [-0.2, -0.15) is 0 Å². The average molecular weight is 304 g/mol. The molecule has 2 atom stereocenters. The molecule has 2 unspecified atom stereocenters. The van der Waals surface area contributed by atoms with Crippen molar-refractivity contribution in [1.82, 2.24) is 5.32 Å². The predicted molar refractivity (Wildman–Crippen MR) is 92.9 cm³/mol. The maximum atomic E-state index is 9.85. The Kier molecular flexibility index (Phi) is 9.19. The van der Waals surface area contributed by atoms with Gasteiger partial charge in [-0.05, 0) is 31.1 Å². The molecule has 4 nitrogen and oxygen atoms in total. The van der Waals surface area contributed by atoms with E-state index in [-0.39, 0.29) is 0 Å². The van der Waals surface area contributed by atoms with E-state index in [9.17, 15) is 5.11 Å². The number of hydrogen-bond donors (Lipinski definition) is 2.